The van der Waals surface area contributed by atoms with Gasteiger partial charge in [0, 0.05) is 7.05 Å². The van der Waals surface area contributed by atoms with Crippen LogP contribution in [0.1, 0.15) is 33.6 Å². The monoisotopic (exact) mass is 131 g/mol. The quantitative estimate of drug-likeness (QED) is 0.586. The molecule has 0 aromatic carbocycles. The molecule has 0 aromatic heterocycles. The lowest BCUT2D eigenvalue weighted by Crippen LogP contribution is -2.32. The van der Waals surface area contributed by atoms with Crippen molar-refractivity contribution in [1.82, 2.24) is 5.48 Å². The lowest BCUT2D eigenvalue weighted by Gasteiger charge is -2.25. The molecule has 0 rings (SSSR count). The second-order valence-electron chi connectivity index (χ2n) is 2.46. The molecule has 0 fully saturated rings. The SMILES string of the molecule is CCC(C)(CC)ONC. The summed E-state index contributed by atoms with van der Waals surface area (Å²) in [4.78, 5) is 5.28. The van der Waals surface area contributed by atoms with Crippen LogP contribution in [0.3, 0.4) is 0 Å². The van der Waals surface area contributed by atoms with E-state index in [9.17, 15) is 0 Å². The van der Waals surface area contributed by atoms with Gasteiger partial charge in [-0.1, -0.05) is 13.8 Å². The second kappa shape index (κ2) is 3.85. The maximum Gasteiger partial charge on any atom is 0.0863 e. The average molecular weight is 131 g/mol. The molecular weight excluding hydrogens is 114 g/mol. The van der Waals surface area contributed by atoms with Crippen LogP contribution >= 0.6 is 0 Å². The summed E-state index contributed by atoms with van der Waals surface area (Å²) in [5.74, 6) is 0. The number of hydrogen-bond donors (Lipinski definition) is 1. The van der Waals surface area contributed by atoms with Crippen molar-refractivity contribution in [1.29, 1.82) is 0 Å². The third-order valence-corrected chi connectivity index (χ3v) is 1.84. The van der Waals surface area contributed by atoms with Crippen LogP contribution in [0.15, 0.2) is 0 Å². The molecule has 0 amide bonds. The minimum absolute atomic E-state index is 0.0226. The Balaban J connectivity index is 3.62. The van der Waals surface area contributed by atoms with Crippen molar-refractivity contribution in [3.05, 3.63) is 0 Å². The molecule has 0 aromatic rings. The molecule has 0 atom stereocenters. The van der Waals surface area contributed by atoms with E-state index in [1.165, 1.54) is 0 Å². The Bertz CT molecular complexity index is 69.3. The molecule has 0 saturated carbocycles. The minimum atomic E-state index is 0.0226. The van der Waals surface area contributed by atoms with E-state index in [1.807, 2.05) is 0 Å². The van der Waals surface area contributed by atoms with E-state index in [0.29, 0.717) is 0 Å². The van der Waals surface area contributed by atoms with E-state index in [4.69, 9.17) is 4.84 Å². The summed E-state index contributed by atoms with van der Waals surface area (Å²) in [5.41, 5.74) is 2.73. The van der Waals surface area contributed by atoms with Crippen molar-refractivity contribution < 1.29 is 4.84 Å². The van der Waals surface area contributed by atoms with E-state index >= 15 is 0 Å². The summed E-state index contributed by atoms with van der Waals surface area (Å²) in [5, 5.41) is 0. The van der Waals surface area contributed by atoms with Gasteiger partial charge < -0.3 is 0 Å². The fourth-order valence-electron chi connectivity index (χ4n) is 0.641. The van der Waals surface area contributed by atoms with Gasteiger partial charge in [0.05, 0.1) is 5.60 Å². The highest BCUT2D eigenvalue weighted by Crippen LogP contribution is 2.16. The maximum atomic E-state index is 5.28. The van der Waals surface area contributed by atoms with E-state index in [0.717, 1.165) is 12.8 Å². The Morgan fingerprint density at radius 1 is 1.33 bits per heavy atom. The summed E-state index contributed by atoms with van der Waals surface area (Å²) in [6.07, 6.45) is 2.09. The van der Waals surface area contributed by atoms with Gasteiger partial charge in [-0.05, 0) is 19.8 Å². The highest BCUT2D eigenvalue weighted by atomic mass is 16.7. The van der Waals surface area contributed by atoms with Gasteiger partial charge in [0.2, 0.25) is 0 Å². The van der Waals surface area contributed by atoms with Gasteiger partial charge in [-0.15, -0.1) is 0 Å². The minimum Gasteiger partial charge on any atom is -0.296 e. The van der Waals surface area contributed by atoms with Gasteiger partial charge in [0.25, 0.3) is 0 Å². The molecule has 2 nitrogen and oxygen atoms in total. The summed E-state index contributed by atoms with van der Waals surface area (Å²) in [7, 11) is 1.80. The molecule has 2 heteroatoms. The smallest absolute Gasteiger partial charge is 0.0863 e. The zero-order chi connectivity index (χ0) is 7.33. The molecule has 9 heavy (non-hydrogen) atoms. The summed E-state index contributed by atoms with van der Waals surface area (Å²) >= 11 is 0. The molecule has 0 saturated heterocycles. The van der Waals surface area contributed by atoms with E-state index < -0.39 is 0 Å². The molecule has 1 N–H and O–H groups in total. The first kappa shape index (κ1) is 8.92. The highest BCUT2D eigenvalue weighted by molar-refractivity contribution is 4.68. The van der Waals surface area contributed by atoms with Crippen molar-refractivity contribution >= 4 is 0 Å². The van der Waals surface area contributed by atoms with Crippen LogP contribution in [-0.2, 0) is 4.84 Å². The molecule has 0 heterocycles. The summed E-state index contributed by atoms with van der Waals surface area (Å²) in [6.45, 7) is 6.35. The number of hydroxylamine groups is 1. The molecular formula is C7H17NO. The lowest BCUT2D eigenvalue weighted by molar-refractivity contribution is -0.0900. The first-order valence-corrected chi connectivity index (χ1v) is 3.53. The first-order chi connectivity index (χ1) is 4.18. The number of hydrogen-bond acceptors (Lipinski definition) is 2. The summed E-state index contributed by atoms with van der Waals surface area (Å²) in [6, 6.07) is 0. The third-order valence-electron chi connectivity index (χ3n) is 1.84. The zero-order valence-electron chi connectivity index (χ0n) is 6.82. The van der Waals surface area contributed by atoms with E-state index in [-0.39, 0.29) is 5.60 Å². The maximum absolute atomic E-state index is 5.28. The Hall–Kier alpha value is -0.0800. The topological polar surface area (TPSA) is 21.3 Å². The molecule has 0 bridgehead atoms. The van der Waals surface area contributed by atoms with Crippen LogP contribution in [0.5, 0.6) is 0 Å². The largest absolute Gasteiger partial charge is 0.296 e. The number of rotatable bonds is 4. The normalized spacial score (nSPS) is 12.0. The van der Waals surface area contributed by atoms with E-state index in [1.54, 1.807) is 7.05 Å². The Morgan fingerprint density at radius 3 is 1.89 bits per heavy atom. The second-order valence-corrected chi connectivity index (χ2v) is 2.46. The predicted molar refractivity (Wildman–Crippen MR) is 39.1 cm³/mol. The van der Waals surface area contributed by atoms with Gasteiger partial charge in [-0.2, -0.15) is 0 Å². The van der Waals surface area contributed by atoms with Crippen LogP contribution in [-0.4, -0.2) is 12.6 Å². The van der Waals surface area contributed by atoms with Crippen LogP contribution < -0.4 is 5.48 Å². The van der Waals surface area contributed by atoms with Crippen molar-refractivity contribution in [2.45, 2.75) is 39.2 Å². The molecule has 0 aliphatic heterocycles. The standard InChI is InChI=1S/C7H17NO/c1-5-7(3,6-2)9-8-4/h8H,5-6H2,1-4H3. The van der Waals surface area contributed by atoms with Gasteiger partial charge in [-0.25, -0.2) is 5.48 Å². The van der Waals surface area contributed by atoms with Gasteiger partial charge in [0.15, 0.2) is 0 Å². The molecule has 0 radical (unpaired) electrons. The van der Waals surface area contributed by atoms with Gasteiger partial charge in [0.1, 0.15) is 0 Å². The van der Waals surface area contributed by atoms with Gasteiger partial charge in [-0.3, -0.25) is 4.84 Å². The van der Waals surface area contributed by atoms with E-state index in [2.05, 4.69) is 26.3 Å². The fraction of sp³-hybridized carbons (Fsp3) is 1.00. The lowest BCUT2D eigenvalue weighted by atomic mass is 10.0. The first-order valence-electron chi connectivity index (χ1n) is 3.53. The third kappa shape index (κ3) is 2.82. The van der Waals surface area contributed by atoms with Crippen LogP contribution in [0.4, 0.5) is 0 Å². The Labute approximate surface area is 57.5 Å². The molecule has 0 aliphatic rings. The molecule has 56 valence electrons. The van der Waals surface area contributed by atoms with Crippen LogP contribution in [0, 0.1) is 0 Å². The fourth-order valence-corrected chi connectivity index (χ4v) is 0.641. The Kier molecular flexibility index (Phi) is 3.82. The van der Waals surface area contributed by atoms with Crippen molar-refractivity contribution in [3.8, 4) is 0 Å². The molecule has 0 unspecified atom stereocenters. The van der Waals surface area contributed by atoms with Crippen molar-refractivity contribution in [2.75, 3.05) is 7.05 Å². The van der Waals surface area contributed by atoms with Gasteiger partial charge >= 0.3 is 0 Å². The van der Waals surface area contributed by atoms with Crippen LogP contribution in [0.25, 0.3) is 0 Å². The zero-order valence-corrected chi connectivity index (χ0v) is 6.82. The van der Waals surface area contributed by atoms with Crippen molar-refractivity contribution in [2.24, 2.45) is 0 Å². The molecule has 0 spiro atoms. The van der Waals surface area contributed by atoms with Crippen molar-refractivity contribution in [3.63, 3.8) is 0 Å². The predicted octanol–water partition coefficient (Wildman–Crippen LogP) is 1.72. The molecule has 0 aliphatic carbocycles. The Morgan fingerprint density at radius 2 is 1.78 bits per heavy atom. The highest BCUT2D eigenvalue weighted by Gasteiger charge is 2.19. The summed E-state index contributed by atoms with van der Waals surface area (Å²) < 4.78 is 0. The average Bonchev–Trinajstić information content (AvgIpc) is 1.89. The number of nitrogens with one attached hydrogen (secondary N) is 1. The van der Waals surface area contributed by atoms with Crippen LogP contribution in [0.2, 0.25) is 0 Å².